The second kappa shape index (κ2) is 6.67. The summed E-state index contributed by atoms with van der Waals surface area (Å²) in [7, 11) is 0. The summed E-state index contributed by atoms with van der Waals surface area (Å²) in [6.07, 6.45) is 1.03. The first-order valence-electron chi connectivity index (χ1n) is 9.30. The Bertz CT molecular complexity index is 701. The number of nitrogens with zero attached hydrogens (tertiary/aromatic N) is 1. The second-order valence-electron chi connectivity index (χ2n) is 7.98. The van der Waals surface area contributed by atoms with Gasteiger partial charge in [-0.05, 0) is 32.4 Å². The van der Waals surface area contributed by atoms with Crippen molar-refractivity contribution in [2.45, 2.75) is 58.2 Å². The van der Waals surface area contributed by atoms with E-state index < -0.39 is 17.0 Å². The van der Waals surface area contributed by atoms with Crippen molar-refractivity contribution < 1.29 is 14.3 Å². The standard InChI is InChI=1S/C20H29N3O3/c1-5-26-16-12-20(21,19(16,3)4)18(25)22-15-10-11-23(17(15)24)14-8-6-13(2)7-9-14/h6-9,15-16H,5,10-12,21H2,1-4H3,(H,22,25). The number of carbonyl (C=O) groups excluding carboxylic acids is 2. The molecule has 0 aromatic heterocycles. The van der Waals surface area contributed by atoms with Crippen molar-refractivity contribution in [2.24, 2.45) is 11.1 Å². The first-order valence-corrected chi connectivity index (χ1v) is 9.30. The van der Waals surface area contributed by atoms with Gasteiger partial charge in [0.15, 0.2) is 0 Å². The minimum absolute atomic E-state index is 0.0356. The smallest absolute Gasteiger partial charge is 0.249 e. The topological polar surface area (TPSA) is 84.7 Å². The van der Waals surface area contributed by atoms with Crippen LogP contribution in [0.2, 0.25) is 0 Å². The summed E-state index contributed by atoms with van der Waals surface area (Å²) in [5.41, 5.74) is 6.94. The Morgan fingerprint density at radius 1 is 1.35 bits per heavy atom. The number of anilines is 1. The van der Waals surface area contributed by atoms with E-state index in [0.717, 1.165) is 11.3 Å². The number of nitrogens with one attached hydrogen (secondary N) is 1. The first kappa shape index (κ1) is 18.9. The van der Waals surface area contributed by atoms with Gasteiger partial charge in [0.2, 0.25) is 11.8 Å². The normalized spacial score (nSPS) is 30.2. The highest BCUT2D eigenvalue weighted by atomic mass is 16.5. The molecular weight excluding hydrogens is 330 g/mol. The number of hydrogen-bond acceptors (Lipinski definition) is 4. The predicted octanol–water partition coefficient (Wildman–Crippen LogP) is 1.75. The molecule has 0 radical (unpaired) electrons. The van der Waals surface area contributed by atoms with Crippen molar-refractivity contribution >= 4 is 17.5 Å². The van der Waals surface area contributed by atoms with Gasteiger partial charge in [0.1, 0.15) is 11.6 Å². The van der Waals surface area contributed by atoms with Gasteiger partial charge in [0.25, 0.3) is 0 Å². The van der Waals surface area contributed by atoms with Crippen LogP contribution in [-0.4, -0.2) is 42.7 Å². The van der Waals surface area contributed by atoms with Gasteiger partial charge in [-0.1, -0.05) is 31.5 Å². The summed E-state index contributed by atoms with van der Waals surface area (Å²) in [5.74, 6) is -0.341. The molecule has 1 aliphatic carbocycles. The molecule has 3 atom stereocenters. The van der Waals surface area contributed by atoms with Crippen LogP contribution in [0.3, 0.4) is 0 Å². The van der Waals surface area contributed by atoms with Crippen LogP contribution in [0, 0.1) is 12.3 Å². The van der Waals surface area contributed by atoms with Crippen molar-refractivity contribution in [1.82, 2.24) is 5.32 Å². The lowest BCUT2D eigenvalue weighted by Crippen LogP contribution is -2.76. The largest absolute Gasteiger partial charge is 0.378 e. The van der Waals surface area contributed by atoms with Crippen LogP contribution >= 0.6 is 0 Å². The summed E-state index contributed by atoms with van der Waals surface area (Å²) >= 11 is 0. The molecule has 3 unspecified atom stereocenters. The second-order valence-corrected chi connectivity index (χ2v) is 7.98. The van der Waals surface area contributed by atoms with E-state index >= 15 is 0 Å². The van der Waals surface area contributed by atoms with Gasteiger partial charge in [-0.25, -0.2) is 0 Å². The Morgan fingerprint density at radius 2 is 2.00 bits per heavy atom. The lowest BCUT2D eigenvalue weighted by atomic mass is 9.54. The zero-order valence-electron chi connectivity index (χ0n) is 16.0. The Balaban J connectivity index is 1.66. The van der Waals surface area contributed by atoms with Crippen molar-refractivity contribution in [3.05, 3.63) is 29.8 Å². The quantitative estimate of drug-likeness (QED) is 0.839. The molecule has 1 saturated heterocycles. The fourth-order valence-electron chi connectivity index (χ4n) is 3.90. The van der Waals surface area contributed by atoms with Crippen LogP contribution in [0.25, 0.3) is 0 Å². The van der Waals surface area contributed by atoms with E-state index in [4.69, 9.17) is 10.5 Å². The minimum atomic E-state index is -1.01. The molecule has 0 bridgehead atoms. The monoisotopic (exact) mass is 359 g/mol. The number of nitrogens with two attached hydrogens (primary N) is 1. The van der Waals surface area contributed by atoms with Crippen molar-refractivity contribution in [2.75, 3.05) is 18.1 Å². The van der Waals surface area contributed by atoms with Crippen LogP contribution in [0.5, 0.6) is 0 Å². The summed E-state index contributed by atoms with van der Waals surface area (Å²) in [5, 5.41) is 2.89. The number of carbonyl (C=O) groups is 2. The van der Waals surface area contributed by atoms with Crippen LogP contribution < -0.4 is 16.0 Å². The molecule has 1 heterocycles. The molecule has 2 fully saturated rings. The molecule has 3 rings (SSSR count). The lowest BCUT2D eigenvalue weighted by Gasteiger charge is -2.57. The van der Waals surface area contributed by atoms with E-state index in [1.165, 1.54) is 0 Å². The fraction of sp³-hybridized carbons (Fsp3) is 0.600. The maximum Gasteiger partial charge on any atom is 0.249 e. The zero-order chi connectivity index (χ0) is 19.1. The summed E-state index contributed by atoms with van der Waals surface area (Å²) < 4.78 is 5.68. The molecule has 142 valence electrons. The summed E-state index contributed by atoms with van der Waals surface area (Å²) in [6.45, 7) is 9.03. The number of ether oxygens (including phenoxy) is 1. The molecule has 2 amide bonds. The van der Waals surface area contributed by atoms with Gasteiger partial charge in [-0.15, -0.1) is 0 Å². The number of hydrogen-bond donors (Lipinski definition) is 2. The lowest BCUT2D eigenvalue weighted by molar-refractivity contribution is -0.171. The molecule has 1 saturated carbocycles. The van der Waals surface area contributed by atoms with E-state index in [9.17, 15) is 9.59 Å². The zero-order valence-corrected chi connectivity index (χ0v) is 16.0. The Morgan fingerprint density at radius 3 is 2.58 bits per heavy atom. The summed E-state index contributed by atoms with van der Waals surface area (Å²) in [4.78, 5) is 27.3. The van der Waals surface area contributed by atoms with E-state index in [-0.39, 0.29) is 17.9 Å². The number of benzene rings is 1. The van der Waals surface area contributed by atoms with Crippen molar-refractivity contribution in [1.29, 1.82) is 0 Å². The van der Waals surface area contributed by atoms with Gasteiger partial charge in [-0.3, -0.25) is 9.59 Å². The molecule has 1 aromatic rings. The third kappa shape index (κ3) is 2.91. The van der Waals surface area contributed by atoms with E-state index in [1.807, 2.05) is 52.0 Å². The predicted molar refractivity (Wildman–Crippen MR) is 101 cm³/mol. The Kier molecular flexibility index (Phi) is 4.84. The van der Waals surface area contributed by atoms with E-state index in [0.29, 0.717) is 26.0 Å². The number of aryl methyl sites for hydroxylation is 1. The molecule has 3 N–H and O–H groups in total. The van der Waals surface area contributed by atoms with Crippen LogP contribution in [0.1, 0.15) is 39.2 Å². The third-order valence-corrected chi connectivity index (χ3v) is 6.09. The van der Waals surface area contributed by atoms with Gasteiger partial charge in [0.05, 0.1) is 6.10 Å². The minimum Gasteiger partial charge on any atom is -0.378 e. The molecular formula is C20H29N3O3. The van der Waals surface area contributed by atoms with Gasteiger partial charge in [-0.2, -0.15) is 0 Å². The molecule has 0 spiro atoms. The highest BCUT2D eigenvalue weighted by Crippen LogP contribution is 2.50. The summed E-state index contributed by atoms with van der Waals surface area (Å²) in [6, 6.07) is 7.31. The molecule has 2 aliphatic rings. The number of amides is 2. The molecule has 1 aromatic carbocycles. The average Bonchev–Trinajstić information content (AvgIpc) is 2.96. The van der Waals surface area contributed by atoms with Gasteiger partial charge >= 0.3 is 0 Å². The molecule has 1 aliphatic heterocycles. The maximum atomic E-state index is 12.8. The van der Waals surface area contributed by atoms with E-state index in [1.54, 1.807) is 4.90 Å². The van der Waals surface area contributed by atoms with Crippen LogP contribution in [0.4, 0.5) is 5.69 Å². The molecule has 6 nitrogen and oxygen atoms in total. The molecule has 6 heteroatoms. The van der Waals surface area contributed by atoms with Crippen LogP contribution in [0.15, 0.2) is 24.3 Å². The molecule has 26 heavy (non-hydrogen) atoms. The van der Waals surface area contributed by atoms with Crippen molar-refractivity contribution in [3.63, 3.8) is 0 Å². The highest BCUT2D eigenvalue weighted by molar-refractivity contribution is 6.02. The van der Waals surface area contributed by atoms with Gasteiger partial charge < -0.3 is 20.7 Å². The third-order valence-electron chi connectivity index (χ3n) is 6.09. The maximum absolute atomic E-state index is 12.8. The fourth-order valence-corrected chi connectivity index (χ4v) is 3.90. The van der Waals surface area contributed by atoms with Crippen molar-refractivity contribution in [3.8, 4) is 0 Å². The van der Waals surface area contributed by atoms with Gasteiger partial charge in [0, 0.05) is 30.7 Å². The van der Waals surface area contributed by atoms with E-state index in [2.05, 4.69) is 5.32 Å². The SMILES string of the molecule is CCOC1CC(N)(C(=O)NC2CCN(c3ccc(C)cc3)C2=O)C1(C)C. The average molecular weight is 359 g/mol. The highest BCUT2D eigenvalue weighted by Gasteiger charge is 2.63. The first-order chi connectivity index (χ1) is 12.2. The Hall–Kier alpha value is -1.92. The number of rotatable bonds is 5. The van der Waals surface area contributed by atoms with Crippen LogP contribution in [-0.2, 0) is 14.3 Å². The Labute approximate surface area is 155 Å².